The summed E-state index contributed by atoms with van der Waals surface area (Å²) in [6.45, 7) is 1.58. The molecule has 0 aromatic heterocycles. The number of aliphatic hydroxyl groups excluding tert-OH is 1. The van der Waals surface area contributed by atoms with Crippen molar-refractivity contribution in [2.24, 2.45) is 0 Å². The largest absolute Gasteiger partial charge is 0.509 e. The van der Waals surface area contributed by atoms with Crippen LogP contribution in [0.2, 0.25) is 0 Å². The van der Waals surface area contributed by atoms with Crippen LogP contribution in [-0.4, -0.2) is 29.6 Å². The van der Waals surface area contributed by atoms with Crippen LogP contribution in [0, 0.1) is 0 Å². The molecular weight excluding hydrogens is 413 g/mol. The molecule has 0 fully saturated rings. The van der Waals surface area contributed by atoms with Gasteiger partial charge in [0.05, 0.1) is 18.2 Å². The van der Waals surface area contributed by atoms with Crippen molar-refractivity contribution in [1.82, 2.24) is 5.32 Å². The Balaban J connectivity index is 1.81. The van der Waals surface area contributed by atoms with E-state index in [-0.39, 0.29) is 5.69 Å². The third-order valence-electron chi connectivity index (χ3n) is 5.12. The summed E-state index contributed by atoms with van der Waals surface area (Å²) in [7, 11) is 1.10. The number of rotatable bonds is 6. The summed E-state index contributed by atoms with van der Waals surface area (Å²) in [4.78, 5) is 25.0. The highest BCUT2D eigenvalue weighted by atomic mass is 19.4. The number of amides is 2. The summed E-state index contributed by atoms with van der Waals surface area (Å²) in [5.41, 5.74) is -1.98. The minimum absolute atomic E-state index is 0.191. The number of alkyl halides is 3. The molecule has 0 aliphatic carbocycles. The maximum atomic E-state index is 13.2. The van der Waals surface area contributed by atoms with Gasteiger partial charge in [0, 0.05) is 5.69 Å². The molecule has 31 heavy (non-hydrogen) atoms. The summed E-state index contributed by atoms with van der Waals surface area (Å²) in [5, 5.41) is 15.5. The van der Waals surface area contributed by atoms with E-state index in [2.05, 4.69) is 10.6 Å². The highest BCUT2D eigenvalue weighted by Gasteiger charge is 2.44. The van der Waals surface area contributed by atoms with Crippen molar-refractivity contribution in [3.05, 3.63) is 71.0 Å². The Morgan fingerprint density at radius 1 is 1.19 bits per heavy atom. The van der Waals surface area contributed by atoms with Gasteiger partial charge in [0.1, 0.15) is 17.1 Å². The van der Waals surface area contributed by atoms with E-state index in [4.69, 9.17) is 4.74 Å². The number of anilines is 1. The zero-order valence-corrected chi connectivity index (χ0v) is 16.8. The average Bonchev–Trinajstić information content (AvgIpc) is 2.95. The zero-order chi connectivity index (χ0) is 22.8. The number of benzene rings is 2. The number of ether oxygens (including phenoxy) is 1. The van der Waals surface area contributed by atoms with Crippen molar-refractivity contribution < 1.29 is 32.6 Å². The SMILES string of the molecule is COc1ccc(NC(=O)C2=C(O)C(C)(CCc3ccccc3)NC2=O)cc1C(F)(F)F. The Morgan fingerprint density at radius 3 is 2.48 bits per heavy atom. The van der Waals surface area contributed by atoms with Crippen molar-refractivity contribution in [2.75, 3.05) is 12.4 Å². The van der Waals surface area contributed by atoms with Crippen molar-refractivity contribution in [3.63, 3.8) is 0 Å². The van der Waals surface area contributed by atoms with Gasteiger partial charge in [-0.15, -0.1) is 0 Å². The van der Waals surface area contributed by atoms with Gasteiger partial charge in [-0.1, -0.05) is 30.3 Å². The van der Waals surface area contributed by atoms with E-state index in [0.29, 0.717) is 18.9 Å². The van der Waals surface area contributed by atoms with Gasteiger partial charge in [0.2, 0.25) is 0 Å². The number of halogens is 3. The highest BCUT2D eigenvalue weighted by Crippen LogP contribution is 2.38. The second-order valence-corrected chi connectivity index (χ2v) is 7.36. The van der Waals surface area contributed by atoms with Gasteiger partial charge in [-0.3, -0.25) is 9.59 Å². The van der Waals surface area contributed by atoms with E-state index < -0.39 is 46.2 Å². The van der Waals surface area contributed by atoms with Crippen molar-refractivity contribution in [2.45, 2.75) is 31.5 Å². The second-order valence-electron chi connectivity index (χ2n) is 7.36. The maximum Gasteiger partial charge on any atom is 0.420 e. The van der Waals surface area contributed by atoms with Crippen LogP contribution in [0.4, 0.5) is 18.9 Å². The normalized spacial score (nSPS) is 18.7. The number of methoxy groups -OCH3 is 1. The third-order valence-corrected chi connectivity index (χ3v) is 5.12. The van der Waals surface area contributed by atoms with Gasteiger partial charge in [-0.2, -0.15) is 13.2 Å². The molecule has 6 nitrogen and oxygen atoms in total. The molecule has 0 bridgehead atoms. The van der Waals surface area contributed by atoms with E-state index in [1.165, 1.54) is 6.07 Å². The Morgan fingerprint density at radius 2 is 1.87 bits per heavy atom. The molecule has 0 saturated heterocycles. The number of carbonyl (C=O) groups is 2. The fraction of sp³-hybridized carbons (Fsp3) is 0.273. The molecule has 164 valence electrons. The number of aryl methyl sites for hydroxylation is 1. The minimum atomic E-state index is -4.70. The fourth-order valence-corrected chi connectivity index (χ4v) is 3.39. The number of aliphatic hydroxyl groups is 1. The van der Waals surface area contributed by atoms with E-state index in [9.17, 15) is 27.9 Å². The predicted octanol–water partition coefficient (Wildman–Crippen LogP) is 3.99. The van der Waals surface area contributed by atoms with E-state index in [1.54, 1.807) is 6.92 Å². The molecule has 0 saturated carbocycles. The first-order valence-electron chi connectivity index (χ1n) is 9.42. The Bertz CT molecular complexity index is 1030. The highest BCUT2D eigenvalue weighted by molar-refractivity contribution is 6.24. The molecule has 1 aliphatic heterocycles. The topological polar surface area (TPSA) is 87.7 Å². The van der Waals surface area contributed by atoms with Crippen LogP contribution in [0.3, 0.4) is 0 Å². The van der Waals surface area contributed by atoms with Gasteiger partial charge in [-0.05, 0) is 43.5 Å². The standard InChI is InChI=1S/C22H21F3N2O4/c1-21(11-10-13-6-4-3-5-7-13)18(28)17(20(30)27-21)19(29)26-14-8-9-16(31-2)15(12-14)22(23,24)25/h3-9,12,28H,10-11H2,1-2H3,(H,26,29)(H,27,30). The zero-order valence-electron chi connectivity index (χ0n) is 16.8. The van der Waals surface area contributed by atoms with Crippen molar-refractivity contribution in [3.8, 4) is 5.75 Å². The quantitative estimate of drug-likeness (QED) is 0.600. The first-order valence-corrected chi connectivity index (χ1v) is 9.42. The Kier molecular flexibility index (Phi) is 5.97. The molecule has 2 aromatic carbocycles. The number of hydrogen-bond acceptors (Lipinski definition) is 4. The van der Waals surface area contributed by atoms with Gasteiger partial charge < -0.3 is 20.5 Å². The molecule has 1 atom stereocenters. The van der Waals surface area contributed by atoms with Crippen LogP contribution in [0.5, 0.6) is 5.75 Å². The van der Waals surface area contributed by atoms with Crippen LogP contribution in [0.1, 0.15) is 24.5 Å². The number of hydrogen-bond donors (Lipinski definition) is 3. The molecular formula is C22H21F3N2O4. The monoisotopic (exact) mass is 434 g/mol. The van der Waals surface area contributed by atoms with Crippen LogP contribution >= 0.6 is 0 Å². The lowest BCUT2D eigenvalue weighted by Gasteiger charge is -2.24. The Hall–Kier alpha value is -3.49. The van der Waals surface area contributed by atoms with Gasteiger partial charge in [0.15, 0.2) is 0 Å². The van der Waals surface area contributed by atoms with Crippen LogP contribution < -0.4 is 15.4 Å². The van der Waals surface area contributed by atoms with Crippen LogP contribution in [-0.2, 0) is 22.2 Å². The number of nitrogens with one attached hydrogen (secondary N) is 2. The van der Waals surface area contributed by atoms with Gasteiger partial charge in [0.25, 0.3) is 11.8 Å². The first kappa shape index (κ1) is 22.2. The summed E-state index contributed by atoms with van der Waals surface area (Å²) in [6, 6.07) is 12.4. The third kappa shape index (κ3) is 4.65. The molecule has 2 aromatic rings. The average molecular weight is 434 g/mol. The van der Waals surface area contributed by atoms with E-state index >= 15 is 0 Å². The summed E-state index contributed by atoms with van der Waals surface area (Å²) < 4.78 is 44.3. The van der Waals surface area contributed by atoms with Gasteiger partial charge >= 0.3 is 6.18 Å². The smallest absolute Gasteiger partial charge is 0.420 e. The molecule has 1 heterocycles. The lowest BCUT2D eigenvalue weighted by atomic mass is 9.92. The molecule has 3 N–H and O–H groups in total. The molecule has 0 spiro atoms. The Labute approximate surface area is 176 Å². The predicted molar refractivity (Wildman–Crippen MR) is 108 cm³/mol. The first-order chi connectivity index (χ1) is 14.5. The molecule has 3 rings (SSSR count). The molecule has 9 heteroatoms. The van der Waals surface area contributed by atoms with E-state index in [0.717, 1.165) is 18.7 Å². The lowest BCUT2D eigenvalue weighted by Crippen LogP contribution is -2.42. The summed E-state index contributed by atoms with van der Waals surface area (Å²) >= 11 is 0. The maximum absolute atomic E-state index is 13.2. The van der Waals surface area contributed by atoms with Crippen molar-refractivity contribution in [1.29, 1.82) is 0 Å². The lowest BCUT2D eigenvalue weighted by molar-refractivity contribution is -0.138. The van der Waals surface area contributed by atoms with Crippen LogP contribution in [0.25, 0.3) is 0 Å². The molecule has 1 unspecified atom stereocenters. The summed E-state index contributed by atoms with van der Waals surface area (Å²) in [6.07, 6.45) is -3.84. The molecule has 2 amide bonds. The van der Waals surface area contributed by atoms with Crippen molar-refractivity contribution >= 4 is 17.5 Å². The van der Waals surface area contributed by atoms with Crippen LogP contribution in [0.15, 0.2) is 59.9 Å². The summed E-state index contributed by atoms with van der Waals surface area (Å²) in [5.74, 6) is -2.65. The molecule has 0 radical (unpaired) electrons. The van der Waals surface area contributed by atoms with Gasteiger partial charge in [-0.25, -0.2) is 0 Å². The second kappa shape index (κ2) is 8.33. The molecule has 1 aliphatic rings. The fourth-order valence-electron chi connectivity index (χ4n) is 3.39. The minimum Gasteiger partial charge on any atom is -0.509 e. The van der Waals surface area contributed by atoms with E-state index in [1.807, 2.05) is 30.3 Å². The number of carbonyl (C=O) groups excluding carboxylic acids is 2.